The molecule has 3 aromatic heterocycles. The van der Waals surface area contributed by atoms with Gasteiger partial charge in [-0.2, -0.15) is 0 Å². The maximum Gasteiger partial charge on any atom is 0.136 e. The Balaban J connectivity index is 1.47. The summed E-state index contributed by atoms with van der Waals surface area (Å²) in [6.45, 7) is 0. The predicted octanol–water partition coefficient (Wildman–Crippen LogP) is 8.42. The van der Waals surface area contributed by atoms with Gasteiger partial charge in [0.15, 0.2) is 0 Å². The topological polar surface area (TPSA) is 28.5 Å². The zero-order valence-electron chi connectivity index (χ0n) is 19.3. The highest BCUT2D eigenvalue weighted by Crippen LogP contribution is 2.51. The Bertz CT molecular complexity index is 2060. The number of fused-ring (bicyclic) bond motifs is 11. The summed E-state index contributed by atoms with van der Waals surface area (Å²) in [6, 6.07) is 29.3. The van der Waals surface area contributed by atoms with E-state index in [1.165, 1.54) is 70.0 Å². The molecule has 0 spiro atoms. The highest BCUT2D eigenvalue weighted by Gasteiger charge is 2.32. The molecule has 36 heavy (non-hydrogen) atoms. The van der Waals surface area contributed by atoms with Gasteiger partial charge in [0.25, 0.3) is 0 Å². The van der Waals surface area contributed by atoms with Crippen molar-refractivity contribution in [1.29, 1.82) is 0 Å². The average molecular weight is 480 g/mol. The molecule has 0 bridgehead atoms. The molecule has 2 N–H and O–H groups in total. The number of anilines is 2. The number of hydrogen-bond acceptors (Lipinski definition) is 3. The van der Waals surface area contributed by atoms with E-state index in [9.17, 15) is 0 Å². The lowest BCUT2D eigenvalue weighted by Gasteiger charge is -2.33. The van der Waals surface area contributed by atoms with Gasteiger partial charge in [0.1, 0.15) is 5.82 Å². The first-order chi connectivity index (χ1) is 17.9. The van der Waals surface area contributed by atoms with E-state index < -0.39 is 0 Å². The van der Waals surface area contributed by atoms with Crippen LogP contribution >= 0.6 is 11.3 Å². The van der Waals surface area contributed by atoms with Crippen LogP contribution in [0.15, 0.2) is 103 Å². The van der Waals surface area contributed by atoms with Crippen LogP contribution in [-0.2, 0) is 0 Å². The minimum absolute atomic E-state index is 0.245. The van der Waals surface area contributed by atoms with Gasteiger partial charge < -0.3 is 10.6 Å². The smallest absolute Gasteiger partial charge is 0.136 e. The van der Waals surface area contributed by atoms with Crippen LogP contribution in [0.5, 0.6) is 0 Å². The Morgan fingerprint density at radius 2 is 1.47 bits per heavy atom. The molecule has 1 aliphatic carbocycles. The SMILES string of the molecule is C1=CC2Nc3c(n4c5ccccc5c5c6c(cc3c54)sc3c(-c4ccccc4)cccc36)NC2C=C1. The average Bonchev–Trinajstić information content (AvgIpc) is 3.58. The molecule has 0 fully saturated rings. The largest absolute Gasteiger partial charge is 0.373 e. The van der Waals surface area contributed by atoms with Crippen LogP contribution in [0.3, 0.4) is 0 Å². The van der Waals surface area contributed by atoms with E-state index >= 15 is 0 Å². The van der Waals surface area contributed by atoms with Crippen molar-refractivity contribution < 1.29 is 0 Å². The van der Waals surface area contributed by atoms with Crippen LogP contribution in [0.2, 0.25) is 0 Å². The van der Waals surface area contributed by atoms with Gasteiger partial charge in [0, 0.05) is 36.3 Å². The third-order valence-corrected chi connectivity index (χ3v) is 9.15. The molecule has 2 unspecified atom stereocenters. The lowest BCUT2D eigenvalue weighted by molar-refractivity contribution is 0.760. The van der Waals surface area contributed by atoms with Gasteiger partial charge in [-0.1, -0.05) is 91.0 Å². The summed E-state index contributed by atoms with van der Waals surface area (Å²) in [6.07, 6.45) is 8.79. The predicted molar refractivity (Wildman–Crippen MR) is 155 cm³/mol. The van der Waals surface area contributed by atoms with Gasteiger partial charge in [-0.3, -0.25) is 4.40 Å². The van der Waals surface area contributed by atoms with E-state index in [0.29, 0.717) is 0 Å². The molecule has 4 heterocycles. The van der Waals surface area contributed by atoms with Crippen LogP contribution in [0.1, 0.15) is 0 Å². The number of nitrogens with zero attached hydrogens (tertiary/aromatic N) is 1. The number of benzene rings is 4. The highest BCUT2D eigenvalue weighted by atomic mass is 32.1. The minimum atomic E-state index is 0.245. The molecule has 2 atom stereocenters. The van der Waals surface area contributed by atoms with E-state index in [4.69, 9.17) is 0 Å². The second-order valence-electron chi connectivity index (χ2n) is 9.86. The number of allylic oxidation sites excluding steroid dienone is 2. The van der Waals surface area contributed by atoms with Crippen LogP contribution in [0.4, 0.5) is 11.5 Å². The van der Waals surface area contributed by atoms with Crippen molar-refractivity contribution in [3.63, 3.8) is 0 Å². The zero-order chi connectivity index (χ0) is 23.4. The second kappa shape index (κ2) is 6.68. The van der Waals surface area contributed by atoms with Gasteiger partial charge in [-0.15, -0.1) is 11.3 Å². The summed E-state index contributed by atoms with van der Waals surface area (Å²) < 4.78 is 5.16. The maximum absolute atomic E-state index is 3.87. The molecule has 0 amide bonds. The first-order valence-electron chi connectivity index (χ1n) is 12.5. The van der Waals surface area contributed by atoms with Crippen molar-refractivity contribution in [3.8, 4) is 11.1 Å². The summed E-state index contributed by atoms with van der Waals surface area (Å²) in [4.78, 5) is 0. The number of nitrogens with one attached hydrogen (secondary N) is 2. The lowest BCUT2D eigenvalue weighted by Crippen LogP contribution is -2.41. The standard InChI is InChI=1S/C32H21N3S/c1-2-9-18(10-3-1)19-12-8-13-21-27-26(36-31(19)21)17-22-29-32(34-24-15-6-5-14-23(24)33-29)35-25-16-7-4-11-20(25)28(27)30(22)35/h1-17,23-24,33-34H. The Kier molecular flexibility index (Phi) is 3.52. The molecular weight excluding hydrogens is 458 g/mol. The van der Waals surface area contributed by atoms with Crippen molar-refractivity contribution in [1.82, 2.24) is 4.40 Å². The molecular formula is C32H21N3S. The van der Waals surface area contributed by atoms with Crippen molar-refractivity contribution in [2.45, 2.75) is 12.1 Å². The van der Waals surface area contributed by atoms with Crippen LogP contribution in [0.25, 0.3) is 58.5 Å². The summed E-state index contributed by atoms with van der Waals surface area (Å²) in [5, 5.41) is 14.4. The minimum Gasteiger partial charge on any atom is -0.373 e. The molecule has 7 aromatic rings. The molecule has 3 nitrogen and oxygen atoms in total. The molecule has 0 saturated heterocycles. The Morgan fingerprint density at radius 3 is 2.36 bits per heavy atom. The maximum atomic E-state index is 3.87. The fourth-order valence-corrected chi connectivity index (χ4v) is 7.73. The third kappa shape index (κ3) is 2.28. The van der Waals surface area contributed by atoms with Crippen LogP contribution in [0, 0.1) is 0 Å². The number of aromatic nitrogens is 1. The van der Waals surface area contributed by atoms with Crippen molar-refractivity contribution in [3.05, 3.63) is 103 Å². The Morgan fingerprint density at radius 1 is 0.694 bits per heavy atom. The summed E-state index contributed by atoms with van der Waals surface area (Å²) in [7, 11) is 0. The first-order valence-corrected chi connectivity index (χ1v) is 13.3. The first kappa shape index (κ1) is 19.0. The molecule has 9 rings (SSSR count). The van der Waals surface area contributed by atoms with E-state index in [-0.39, 0.29) is 12.1 Å². The lowest BCUT2D eigenvalue weighted by atomic mass is 9.98. The van der Waals surface area contributed by atoms with Crippen molar-refractivity contribution >= 4 is 70.2 Å². The third-order valence-electron chi connectivity index (χ3n) is 7.96. The molecule has 170 valence electrons. The highest BCUT2D eigenvalue weighted by molar-refractivity contribution is 7.26. The normalized spacial score (nSPS) is 18.8. The zero-order valence-corrected chi connectivity index (χ0v) is 20.1. The second-order valence-corrected chi connectivity index (χ2v) is 10.9. The molecule has 0 radical (unpaired) electrons. The quantitative estimate of drug-likeness (QED) is 0.247. The Hall–Kier alpha value is -4.28. The number of thiophene rings is 1. The summed E-state index contributed by atoms with van der Waals surface area (Å²) in [5.41, 5.74) is 6.36. The number of hydrogen-bond donors (Lipinski definition) is 2. The Labute approximate surface area is 211 Å². The van der Waals surface area contributed by atoms with E-state index in [0.717, 1.165) is 0 Å². The van der Waals surface area contributed by atoms with Gasteiger partial charge >= 0.3 is 0 Å². The van der Waals surface area contributed by atoms with Gasteiger partial charge in [0.2, 0.25) is 0 Å². The van der Waals surface area contributed by atoms with Crippen LogP contribution < -0.4 is 10.6 Å². The number of para-hydroxylation sites is 1. The van der Waals surface area contributed by atoms with E-state index in [1.807, 2.05) is 11.3 Å². The van der Waals surface area contributed by atoms with Crippen molar-refractivity contribution in [2.75, 3.05) is 10.6 Å². The van der Waals surface area contributed by atoms with Crippen molar-refractivity contribution in [2.24, 2.45) is 0 Å². The fourth-order valence-electron chi connectivity index (χ4n) is 6.44. The summed E-state index contributed by atoms with van der Waals surface area (Å²) >= 11 is 1.92. The molecule has 4 heteroatoms. The van der Waals surface area contributed by atoms with E-state index in [1.54, 1.807) is 0 Å². The summed E-state index contributed by atoms with van der Waals surface area (Å²) in [5.74, 6) is 1.17. The molecule has 2 aliphatic rings. The van der Waals surface area contributed by atoms with Gasteiger partial charge in [-0.25, -0.2) is 0 Å². The molecule has 1 aliphatic heterocycles. The number of rotatable bonds is 1. The molecule has 4 aromatic carbocycles. The molecule has 0 saturated carbocycles. The van der Waals surface area contributed by atoms with Crippen LogP contribution in [-0.4, -0.2) is 16.5 Å². The fraction of sp³-hybridized carbons (Fsp3) is 0.0625. The van der Waals surface area contributed by atoms with Gasteiger partial charge in [0.05, 0.1) is 28.8 Å². The van der Waals surface area contributed by atoms with E-state index in [2.05, 4.69) is 118 Å². The van der Waals surface area contributed by atoms with Gasteiger partial charge in [-0.05, 0) is 23.3 Å². The monoisotopic (exact) mass is 479 g/mol.